The fourth-order valence-electron chi connectivity index (χ4n) is 2.18. The molecule has 0 amide bonds. The van der Waals surface area contributed by atoms with E-state index in [-0.39, 0.29) is 22.6 Å². The van der Waals surface area contributed by atoms with Crippen LogP contribution in [0.25, 0.3) is 0 Å². The summed E-state index contributed by atoms with van der Waals surface area (Å²) in [5, 5.41) is 5.61. The van der Waals surface area contributed by atoms with Gasteiger partial charge in [-0.25, -0.2) is 13.2 Å². The van der Waals surface area contributed by atoms with Crippen LogP contribution in [0.4, 0.5) is 5.69 Å². The third-order valence-corrected chi connectivity index (χ3v) is 5.85. The number of hydrogen-bond donors (Lipinski definition) is 2. The molecule has 2 N–H and O–H groups in total. The predicted octanol–water partition coefficient (Wildman–Crippen LogP) is 1.55. The number of halogens is 1. The maximum absolute atomic E-state index is 11.6. The predicted molar refractivity (Wildman–Crippen MR) is 93.8 cm³/mol. The Morgan fingerprint density at radius 2 is 2.00 bits per heavy atom. The van der Waals surface area contributed by atoms with Gasteiger partial charge >= 0.3 is 5.97 Å². The first-order valence-electron chi connectivity index (χ1n) is 7.00. The van der Waals surface area contributed by atoms with Crippen LogP contribution in [0.2, 0.25) is 0 Å². The fourth-order valence-corrected chi connectivity index (χ4v) is 5.00. The molecule has 0 spiro atoms. The summed E-state index contributed by atoms with van der Waals surface area (Å²) < 4.78 is 27.9. The molecule has 1 aromatic carbocycles. The summed E-state index contributed by atoms with van der Waals surface area (Å²) in [7, 11) is -3.12. The maximum Gasteiger partial charge on any atom is 0.338 e. The van der Waals surface area contributed by atoms with Crippen molar-refractivity contribution < 1.29 is 17.9 Å². The number of alkyl halides is 1. The quantitative estimate of drug-likeness (QED) is 0.468. The Labute approximate surface area is 145 Å². The zero-order valence-electron chi connectivity index (χ0n) is 12.4. The van der Waals surface area contributed by atoms with E-state index in [0.29, 0.717) is 17.9 Å². The van der Waals surface area contributed by atoms with Gasteiger partial charge in [-0.1, -0.05) is 0 Å². The molecular weight excluding hydrogens is 360 g/mol. The number of sulfone groups is 1. The first-order valence-corrected chi connectivity index (χ1v) is 9.66. The molecule has 0 radical (unpaired) electrons. The summed E-state index contributed by atoms with van der Waals surface area (Å²) in [6.45, 7) is 2.06. The topological polar surface area (TPSA) is 84.5 Å². The van der Waals surface area contributed by atoms with Gasteiger partial charge in [-0.2, -0.15) is 0 Å². The molecule has 2 atom stereocenters. The van der Waals surface area contributed by atoms with E-state index in [2.05, 4.69) is 10.6 Å². The third kappa shape index (κ3) is 5.05. The second kappa shape index (κ2) is 7.46. The van der Waals surface area contributed by atoms with E-state index in [4.69, 9.17) is 28.6 Å². The maximum atomic E-state index is 11.6. The van der Waals surface area contributed by atoms with Crippen LogP contribution in [0.15, 0.2) is 24.3 Å². The molecule has 0 bridgehead atoms. The lowest BCUT2D eigenvalue weighted by Gasteiger charge is -2.17. The Kier molecular flexibility index (Phi) is 5.83. The summed E-state index contributed by atoms with van der Waals surface area (Å²) in [6, 6.07) is 6.19. The van der Waals surface area contributed by atoms with Gasteiger partial charge in [0.15, 0.2) is 14.9 Å². The van der Waals surface area contributed by atoms with E-state index in [1.54, 1.807) is 31.2 Å². The number of hydrogen-bond acceptors (Lipinski definition) is 5. The molecule has 1 heterocycles. The Hall–Kier alpha value is -1.38. The zero-order chi connectivity index (χ0) is 17.0. The van der Waals surface area contributed by atoms with Crippen LogP contribution in [-0.4, -0.2) is 49.0 Å². The van der Waals surface area contributed by atoms with Crippen molar-refractivity contribution in [3.8, 4) is 0 Å². The van der Waals surface area contributed by atoms with Crippen LogP contribution < -0.4 is 10.6 Å². The fraction of sp³-hybridized carbons (Fsp3) is 0.429. The van der Waals surface area contributed by atoms with Gasteiger partial charge in [-0.05, 0) is 43.4 Å². The molecule has 9 heteroatoms. The number of benzene rings is 1. The number of rotatable bonds is 4. The van der Waals surface area contributed by atoms with Gasteiger partial charge in [-0.15, -0.1) is 11.6 Å². The number of esters is 1. The standard InChI is InChI=1S/C14H17ClN2O4S2/c1-2-21-13(18)9-3-5-10(6-4-9)16-14(22)17-12-8-23(19,20)7-11(12)15/h3-6,11-12H,2,7-8H2,1H3,(H2,16,17,22). The highest BCUT2D eigenvalue weighted by Gasteiger charge is 2.36. The minimum absolute atomic E-state index is 0.0369. The van der Waals surface area contributed by atoms with E-state index >= 15 is 0 Å². The van der Waals surface area contributed by atoms with Crippen molar-refractivity contribution in [3.63, 3.8) is 0 Å². The van der Waals surface area contributed by atoms with Crippen LogP contribution in [-0.2, 0) is 14.6 Å². The lowest BCUT2D eigenvalue weighted by atomic mass is 10.2. The van der Waals surface area contributed by atoms with Crippen LogP contribution in [0.5, 0.6) is 0 Å². The molecule has 2 rings (SSSR count). The van der Waals surface area contributed by atoms with E-state index in [1.807, 2.05) is 0 Å². The van der Waals surface area contributed by atoms with Gasteiger partial charge in [0.25, 0.3) is 0 Å². The minimum atomic E-state index is -3.12. The summed E-state index contributed by atoms with van der Waals surface area (Å²) in [4.78, 5) is 11.6. The average Bonchev–Trinajstić information content (AvgIpc) is 2.72. The second-order valence-electron chi connectivity index (χ2n) is 5.10. The highest BCUT2D eigenvalue weighted by Crippen LogP contribution is 2.18. The SMILES string of the molecule is CCOC(=O)c1ccc(NC(=S)NC2CS(=O)(=O)CC2Cl)cc1. The van der Waals surface area contributed by atoms with Crippen LogP contribution in [0.3, 0.4) is 0 Å². The van der Waals surface area contributed by atoms with E-state index in [1.165, 1.54) is 0 Å². The highest BCUT2D eigenvalue weighted by molar-refractivity contribution is 7.91. The van der Waals surface area contributed by atoms with Gasteiger partial charge in [0.2, 0.25) is 0 Å². The van der Waals surface area contributed by atoms with Crippen LogP contribution in [0, 0.1) is 0 Å². The molecule has 0 aromatic heterocycles. The molecular formula is C14H17ClN2O4S2. The summed E-state index contributed by atoms with van der Waals surface area (Å²) in [6.07, 6.45) is 0. The van der Waals surface area contributed by atoms with Crippen molar-refractivity contribution >= 4 is 50.4 Å². The molecule has 1 fully saturated rings. The molecule has 23 heavy (non-hydrogen) atoms. The lowest BCUT2D eigenvalue weighted by Crippen LogP contribution is -2.42. The van der Waals surface area contributed by atoms with E-state index in [9.17, 15) is 13.2 Å². The Bertz CT molecular complexity index is 691. The molecule has 6 nitrogen and oxygen atoms in total. The van der Waals surface area contributed by atoms with Crippen LogP contribution in [0.1, 0.15) is 17.3 Å². The lowest BCUT2D eigenvalue weighted by molar-refractivity contribution is 0.0526. The van der Waals surface area contributed by atoms with Gasteiger partial charge in [-0.3, -0.25) is 0 Å². The average molecular weight is 377 g/mol. The van der Waals surface area contributed by atoms with E-state index in [0.717, 1.165) is 0 Å². The number of anilines is 1. The molecule has 1 aliphatic rings. The zero-order valence-corrected chi connectivity index (χ0v) is 14.8. The van der Waals surface area contributed by atoms with Crippen molar-refractivity contribution in [1.82, 2.24) is 5.32 Å². The monoisotopic (exact) mass is 376 g/mol. The second-order valence-corrected chi connectivity index (χ2v) is 8.22. The van der Waals surface area contributed by atoms with Crippen molar-refractivity contribution in [2.45, 2.75) is 18.3 Å². The van der Waals surface area contributed by atoms with Crippen molar-refractivity contribution in [3.05, 3.63) is 29.8 Å². The number of thiocarbonyl (C=S) groups is 1. The van der Waals surface area contributed by atoms with Gasteiger partial charge in [0.1, 0.15) is 0 Å². The first kappa shape index (κ1) is 18.0. The normalized spacial score (nSPS) is 22.3. The largest absolute Gasteiger partial charge is 0.462 e. The Balaban J connectivity index is 1.92. The number of nitrogens with one attached hydrogen (secondary N) is 2. The molecule has 1 aliphatic heterocycles. The van der Waals surface area contributed by atoms with Crippen molar-refractivity contribution in [2.24, 2.45) is 0 Å². The summed E-state index contributed by atoms with van der Waals surface area (Å²) in [5.41, 5.74) is 1.11. The molecule has 126 valence electrons. The number of carbonyl (C=O) groups excluding carboxylic acids is 1. The minimum Gasteiger partial charge on any atom is -0.462 e. The Morgan fingerprint density at radius 1 is 1.35 bits per heavy atom. The van der Waals surface area contributed by atoms with Crippen LogP contribution >= 0.6 is 23.8 Å². The third-order valence-electron chi connectivity index (χ3n) is 3.25. The number of carbonyl (C=O) groups is 1. The molecule has 2 unspecified atom stereocenters. The van der Waals surface area contributed by atoms with E-state index < -0.39 is 21.3 Å². The number of ether oxygens (including phenoxy) is 1. The molecule has 1 saturated heterocycles. The summed E-state index contributed by atoms with van der Waals surface area (Å²) in [5.74, 6) is -0.477. The first-order chi connectivity index (χ1) is 10.8. The molecule has 0 aliphatic carbocycles. The Morgan fingerprint density at radius 3 is 2.52 bits per heavy atom. The van der Waals surface area contributed by atoms with Gasteiger partial charge in [0.05, 0.1) is 35.1 Å². The molecule has 0 saturated carbocycles. The summed E-state index contributed by atoms with van der Waals surface area (Å²) >= 11 is 11.2. The van der Waals surface area contributed by atoms with Crippen molar-refractivity contribution in [2.75, 3.05) is 23.4 Å². The van der Waals surface area contributed by atoms with Gasteiger partial charge in [0, 0.05) is 5.69 Å². The van der Waals surface area contributed by atoms with Crippen molar-refractivity contribution in [1.29, 1.82) is 0 Å². The highest BCUT2D eigenvalue weighted by atomic mass is 35.5. The smallest absolute Gasteiger partial charge is 0.338 e. The van der Waals surface area contributed by atoms with Gasteiger partial charge < -0.3 is 15.4 Å². The molecule has 1 aromatic rings.